The van der Waals surface area contributed by atoms with E-state index in [1.165, 1.54) is 6.07 Å². The summed E-state index contributed by atoms with van der Waals surface area (Å²) in [7, 11) is 0. The van der Waals surface area contributed by atoms with E-state index in [1.54, 1.807) is 12.1 Å². The summed E-state index contributed by atoms with van der Waals surface area (Å²) in [5.74, 6) is -0.366. The van der Waals surface area contributed by atoms with Gasteiger partial charge in [-0.1, -0.05) is 11.6 Å². The Hall–Kier alpha value is -1.47. The Labute approximate surface area is 119 Å². The maximum absolute atomic E-state index is 11.8. The molecule has 0 saturated heterocycles. The SMILES string of the molecule is Nc1ccc(Cl)cc1NC(=O)CCCOCC(F)(F)F. The van der Waals surface area contributed by atoms with Crippen LogP contribution in [0.5, 0.6) is 0 Å². The van der Waals surface area contributed by atoms with Gasteiger partial charge in [-0.3, -0.25) is 4.79 Å². The van der Waals surface area contributed by atoms with E-state index in [0.29, 0.717) is 16.4 Å². The number of nitrogens with two attached hydrogens (primary N) is 1. The van der Waals surface area contributed by atoms with Gasteiger partial charge in [0.15, 0.2) is 0 Å². The molecule has 1 aromatic carbocycles. The fourth-order valence-corrected chi connectivity index (χ4v) is 1.54. The highest BCUT2D eigenvalue weighted by Gasteiger charge is 2.27. The molecule has 0 aliphatic rings. The summed E-state index contributed by atoms with van der Waals surface area (Å²) in [6.45, 7) is -1.45. The van der Waals surface area contributed by atoms with E-state index < -0.39 is 12.8 Å². The maximum atomic E-state index is 11.8. The van der Waals surface area contributed by atoms with Crippen molar-refractivity contribution in [2.75, 3.05) is 24.3 Å². The summed E-state index contributed by atoms with van der Waals surface area (Å²) in [6.07, 6.45) is -4.14. The van der Waals surface area contributed by atoms with Crippen LogP contribution < -0.4 is 11.1 Å². The molecule has 20 heavy (non-hydrogen) atoms. The number of carbonyl (C=O) groups is 1. The third-order valence-electron chi connectivity index (χ3n) is 2.25. The molecule has 1 aromatic rings. The Kier molecular flexibility index (Phi) is 6.09. The Morgan fingerprint density at radius 3 is 2.75 bits per heavy atom. The number of hydrogen-bond acceptors (Lipinski definition) is 3. The molecule has 0 bridgehead atoms. The molecule has 3 N–H and O–H groups in total. The second-order valence-electron chi connectivity index (χ2n) is 4.05. The van der Waals surface area contributed by atoms with Crippen molar-refractivity contribution in [2.45, 2.75) is 19.0 Å². The highest BCUT2D eigenvalue weighted by Crippen LogP contribution is 2.23. The summed E-state index contributed by atoms with van der Waals surface area (Å²) in [5, 5.41) is 2.95. The molecule has 0 aliphatic heterocycles. The van der Waals surface area contributed by atoms with Crippen LogP contribution in [-0.2, 0) is 9.53 Å². The molecular weight excluding hydrogens is 297 g/mol. The molecule has 1 rings (SSSR count). The molecule has 0 aliphatic carbocycles. The third-order valence-corrected chi connectivity index (χ3v) is 2.48. The zero-order chi connectivity index (χ0) is 15.2. The number of nitrogens with one attached hydrogen (secondary N) is 1. The van der Waals surface area contributed by atoms with E-state index in [0.717, 1.165) is 0 Å². The van der Waals surface area contributed by atoms with Crippen molar-refractivity contribution in [1.82, 2.24) is 0 Å². The average Bonchev–Trinajstić information content (AvgIpc) is 2.32. The summed E-state index contributed by atoms with van der Waals surface area (Å²) >= 11 is 5.76. The van der Waals surface area contributed by atoms with E-state index in [2.05, 4.69) is 10.1 Å². The number of anilines is 2. The molecule has 0 saturated carbocycles. The quantitative estimate of drug-likeness (QED) is 0.626. The monoisotopic (exact) mass is 310 g/mol. The van der Waals surface area contributed by atoms with Crippen LogP contribution in [0.3, 0.4) is 0 Å². The number of halogens is 4. The molecule has 4 nitrogen and oxygen atoms in total. The molecule has 0 atom stereocenters. The number of carbonyl (C=O) groups excluding carboxylic acids is 1. The van der Waals surface area contributed by atoms with Crippen LogP contribution in [0.25, 0.3) is 0 Å². The predicted octanol–water partition coefficient (Wildman–Crippen LogP) is 3.22. The van der Waals surface area contributed by atoms with Gasteiger partial charge in [0.1, 0.15) is 6.61 Å². The Morgan fingerprint density at radius 1 is 1.40 bits per heavy atom. The van der Waals surface area contributed by atoms with Gasteiger partial charge in [-0.15, -0.1) is 0 Å². The lowest BCUT2D eigenvalue weighted by molar-refractivity contribution is -0.174. The maximum Gasteiger partial charge on any atom is 0.411 e. The lowest BCUT2D eigenvalue weighted by atomic mass is 10.2. The Balaban J connectivity index is 2.29. The van der Waals surface area contributed by atoms with Crippen molar-refractivity contribution in [2.24, 2.45) is 0 Å². The average molecular weight is 311 g/mol. The fraction of sp³-hybridized carbons (Fsp3) is 0.417. The van der Waals surface area contributed by atoms with Crippen LogP contribution in [0.2, 0.25) is 5.02 Å². The van der Waals surface area contributed by atoms with Gasteiger partial charge in [-0.05, 0) is 24.6 Å². The van der Waals surface area contributed by atoms with E-state index >= 15 is 0 Å². The highest BCUT2D eigenvalue weighted by molar-refractivity contribution is 6.31. The number of nitrogen functional groups attached to an aromatic ring is 1. The minimum Gasteiger partial charge on any atom is -0.397 e. The van der Waals surface area contributed by atoms with E-state index in [4.69, 9.17) is 17.3 Å². The van der Waals surface area contributed by atoms with Gasteiger partial charge in [0.25, 0.3) is 0 Å². The molecule has 0 heterocycles. The first kappa shape index (κ1) is 16.6. The van der Waals surface area contributed by atoms with Crippen molar-refractivity contribution in [3.05, 3.63) is 23.2 Å². The summed E-state index contributed by atoms with van der Waals surface area (Å²) < 4.78 is 39.7. The highest BCUT2D eigenvalue weighted by atomic mass is 35.5. The van der Waals surface area contributed by atoms with Gasteiger partial charge in [-0.25, -0.2) is 0 Å². The van der Waals surface area contributed by atoms with Gasteiger partial charge >= 0.3 is 6.18 Å². The van der Waals surface area contributed by atoms with Crippen molar-refractivity contribution < 1.29 is 22.7 Å². The van der Waals surface area contributed by atoms with Crippen LogP contribution in [0.4, 0.5) is 24.5 Å². The summed E-state index contributed by atoms with van der Waals surface area (Å²) in [5.41, 5.74) is 6.37. The zero-order valence-corrected chi connectivity index (χ0v) is 11.2. The first-order valence-electron chi connectivity index (χ1n) is 5.77. The van der Waals surface area contributed by atoms with E-state index in [1.807, 2.05) is 0 Å². The standard InChI is InChI=1S/C12H14ClF3N2O2/c13-8-3-4-9(17)10(6-8)18-11(19)2-1-5-20-7-12(14,15)16/h3-4,6H,1-2,5,7,17H2,(H,18,19). The van der Waals surface area contributed by atoms with Crippen LogP contribution in [0.15, 0.2) is 18.2 Å². The van der Waals surface area contributed by atoms with Crippen molar-refractivity contribution >= 4 is 28.9 Å². The molecular formula is C12H14ClF3N2O2. The molecule has 112 valence electrons. The molecule has 0 fully saturated rings. The summed E-state index contributed by atoms with van der Waals surface area (Å²) in [6, 6.07) is 4.62. The van der Waals surface area contributed by atoms with E-state index in [9.17, 15) is 18.0 Å². The smallest absolute Gasteiger partial charge is 0.397 e. The first-order chi connectivity index (χ1) is 9.28. The van der Waals surface area contributed by atoms with E-state index in [-0.39, 0.29) is 25.4 Å². The predicted molar refractivity (Wildman–Crippen MR) is 70.6 cm³/mol. The van der Waals surface area contributed by atoms with Gasteiger partial charge in [0, 0.05) is 18.1 Å². The molecule has 0 unspecified atom stereocenters. The van der Waals surface area contributed by atoms with Crippen molar-refractivity contribution in [3.63, 3.8) is 0 Å². The number of amides is 1. The van der Waals surface area contributed by atoms with Crippen LogP contribution in [0.1, 0.15) is 12.8 Å². The van der Waals surface area contributed by atoms with Crippen molar-refractivity contribution in [3.8, 4) is 0 Å². The summed E-state index contributed by atoms with van der Waals surface area (Å²) in [4.78, 5) is 11.5. The Bertz CT molecular complexity index is 467. The van der Waals surface area contributed by atoms with Crippen LogP contribution in [-0.4, -0.2) is 25.3 Å². The largest absolute Gasteiger partial charge is 0.411 e. The number of ether oxygens (including phenoxy) is 1. The van der Waals surface area contributed by atoms with Gasteiger partial charge in [0.2, 0.25) is 5.91 Å². The molecule has 0 radical (unpaired) electrons. The van der Waals surface area contributed by atoms with Crippen LogP contribution in [0, 0.1) is 0 Å². The topological polar surface area (TPSA) is 64.3 Å². The zero-order valence-electron chi connectivity index (χ0n) is 10.5. The third kappa shape index (κ3) is 6.63. The minimum absolute atomic E-state index is 0.0316. The van der Waals surface area contributed by atoms with Gasteiger partial charge < -0.3 is 15.8 Å². The number of alkyl halides is 3. The molecule has 0 spiro atoms. The molecule has 8 heteroatoms. The lowest BCUT2D eigenvalue weighted by Gasteiger charge is -2.09. The molecule has 0 aromatic heterocycles. The molecule has 1 amide bonds. The first-order valence-corrected chi connectivity index (χ1v) is 6.15. The second kappa shape index (κ2) is 7.35. The normalized spacial score (nSPS) is 11.4. The second-order valence-corrected chi connectivity index (χ2v) is 4.49. The van der Waals surface area contributed by atoms with Crippen molar-refractivity contribution in [1.29, 1.82) is 0 Å². The minimum atomic E-state index is -4.35. The number of rotatable bonds is 6. The van der Waals surface area contributed by atoms with Crippen LogP contribution >= 0.6 is 11.6 Å². The number of benzene rings is 1. The van der Waals surface area contributed by atoms with Gasteiger partial charge in [-0.2, -0.15) is 13.2 Å². The Morgan fingerprint density at radius 2 is 2.10 bits per heavy atom. The fourth-order valence-electron chi connectivity index (χ4n) is 1.37. The van der Waals surface area contributed by atoms with Gasteiger partial charge in [0.05, 0.1) is 11.4 Å². The number of hydrogen-bond donors (Lipinski definition) is 2. The lowest BCUT2D eigenvalue weighted by Crippen LogP contribution is -2.18.